The van der Waals surface area contributed by atoms with E-state index in [0.717, 1.165) is 25.0 Å². The van der Waals surface area contributed by atoms with E-state index >= 15 is 0 Å². The van der Waals surface area contributed by atoms with E-state index in [4.69, 9.17) is 5.11 Å². The molecule has 110 valence electrons. The quantitative estimate of drug-likeness (QED) is 0.550. The molecule has 6 nitrogen and oxygen atoms in total. The van der Waals surface area contributed by atoms with Gasteiger partial charge in [0.1, 0.15) is 0 Å². The predicted molar refractivity (Wildman–Crippen MR) is 76.7 cm³/mol. The average Bonchev–Trinajstić information content (AvgIpc) is 2.94. The second-order valence-electron chi connectivity index (χ2n) is 5.00. The van der Waals surface area contributed by atoms with Crippen molar-refractivity contribution in [1.82, 2.24) is 10.6 Å². The van der Waals surface area contributed by atoms with E-state index in [0.29, 0.717) is 5.25 Å². The minimum atomic E-state index is -0.729. The minimum Gasteiger partial charge on any atom is -0.481 e. The number of thioether (sulfide) groups is 1. The van der Waals surface area contributed by atoms with Gasteiger partial charge in [0, 0.05) is 17.4 Å². The van der Waals surface area contributed by atoms with Crippen LogP contribution in [0.25, 0.3) is 0 Å². The Balaban J connectivity index is 0.000000315. The number of hydrogen-bond donors (Lipinski definition) is 3. The first kappa shape index (κ1) is 14.9. The van der Waals surface area contributed by atoms with Crippen LogP contribution in [0.3, 0.4) is 0 Å². The van der Waals surface area contributed by atoms with Crippen molar-refractivity contribution in [3.63, 3.8) is 0 Å². The monoisotopic (exact) mass is 298 g/mol. The Morgan fingerprint density at radius 1 is 1.30 bits per heavy atom. The van der Waals surface area contributed by atoms with Gasteiger partial charge in [0.25, 0.3) is 0 Å². The molecule has 2 aliphatic rings. The highest BCUT2D eigenvalue weighted by Crippen LogP contribution is 2.33. The lowest BCUT2D eigenvalue weighted by Crippen LogP contribution is -2.36. The lowest BCUT2D eigenvalue weighted by molar-refractivity contribution is -0.137. The molecule has 3 N–H and O–H groups in total. The minimum absolute atomic E-state index is 0.0640. The molecule has 2 aliphatic heterocycles. The zero-order chi connectivity index (χ0) is 14.5. The van der Waals surface area contributed by atoms with Crippen LogP contribution in [0.1, 0.15) is 25.7 Å². The highest BCUT2D eigenvalue weighted by atomic mass is 32.2. The van der Waals surface area contributed by atoms with Crippen LogP contribution in [0.4, 0.5) is 4.79 Å². The Morgan fingerprint density at radius 3 is 2.60 bits per heavy atom. The van der Waals surface area contributed by atoms with E-state index in [1.807, 2.05) is 11.8 Å². The van der Waals surface area contributed by atoms with Crippen LogP contribution in [0, 0.1) is 0 Å². The smallest absolute Gasteiger partial charge is 0.315 e. The van der Waals surface area contributed by atoms with Gasteiger partial charge in [-0.3, -0.25) is 9.59 Å². The molecule has 0 bridgehead atoms. The average molecular weight is 298 g/mol. The number of carboxylic acids is 1. The molecule has 1 aromatic rings. The van der Waals surface area contributed by atoms with Gasteiger partial charge in [-0.15, -0.1) is 0 Å². The Labute approximate surface area is 121 Å². The van der Waals surface area contributed by atoms with Crippen LogP contribution in [-0.2, 0) is 4.79 Å². The molecule has 3 atom stereocenters. The second kappa shape index (κ2) is 6.78. The van der Waals surface area contributed by atoms with Crippen LogP contribution < -0.4 is 16.1 Å². The van der Waals surface area contributed by atoms with Crippen LogP contribution in [0.15, 0.2) is 16.9 Å². The summed E-state index contributed by atoms with van der Waals surface area (Å²) in [5.41, 5.74) is 0.167. The van der Waals surface area contributed by atoms with Gasteiger partial charge in [-0.05, 0) is 25.0 Å². The number of aliphatic carboxylic acids is 1. The zero-order valence-electron chi connectivity index (χ0n) is 11.0. The summed E-state index contributed by atoms with van der Waals surface area (Å²) >= 11 is 1.87. The molecule has 2 saturated heterocycles. The van der Waals surface area contributed by atoms with E-state index in [9.17, 15) is 14.4 Å². The van der Waals surface area contributed by atoms with E-state index in [1.165, 1.54) is 12.1 Å². The molecule has 2 amide bonds. The summed E-state index contributed by atoms with van der Waals surface area (Å²) in [6.45, 7) is 0. The molecule has 0 saturated carbocycles. The third-order valence-corrected chi connectivity index (χ3v) is 4.88. The van der Waals surface area contributed by atoms with E-state index in [-0.39, 0.29) is 30.0 Å². The molecule has 1 aromatic carbocycles. The molecule has 3 rings (SSSR count). The highest BCUT2D eigenvalue weighted by molar-refractivity contribution is 8.00. The number of fused-ring (bicyclic) bond motifs is 1. The van der Waals surface area contributed by atoms with Crippen molar-refractivity contribution < 1.29 is 14.7 Å². The number of unbranched alkanes of at least 4 members (excludes halogenated alkanes) is 1. The van der Waals surface area contributed by atoms with Crippen molar-refractivity contribution in [2.24, 2.45) is 0 Å². The largest absolute Gasteiger partial charge is 0.481 e. The topological polar surface area (TPSA) is 95.5 Å². The number of amides is 2. The van der Waals surface area contributed by atoms with E-state index in [1.54, 1.807) is 0 Å². The summed E-state index contributed by atoms with van der Waals surface area (Å²) in [5, 5.41) is 14.8. The van der Waals surface area contributed by atoms with Crippen molar-refractivity contribution in [3.05, 3.63) is 22.4 Å². The van der Waals surface area contributed by atoms with Gasteiger partial charge in [0.2, 0.25) is 0 Å². The standard InChI is InChI=1S/C10H16N2O3S.C3H2O/c13-8(14)4-2-1-3-7-9-6(5-16-7)11-10(15)12-9;4-3-1-2-3/h6-7,9H,1-5H2,(H,13,14)(H2,11,12,15);1-2H/t6-,7-,9-;/m0./s1. The normalized spacial score (nSPS) is 27.4. The summed E-state index contributed by atoms with van der Waals surface area (Å²) in [6, 6.07) is 3.50. The van der Waals surface area contributed by atoms with Crippen molar-refractivity contribution >= 4 is 23.8 Å². The molecular formula is C13H18N2O4S. The molecule has 7 heteroatoms. The first-order valence-electron chi connectivity index (χ1n) is 6.69. The zero-order valence-corrected chi connectivity index (χ0v) is 11.8. The maximum absolute atomic E-state index is 11.1. The fourth-order valence-electron chi connectivity index (χ4n) is 2.30. The molecule has 0 unspecified atom stereocenters. The molecule has 2 fully saturated rings. The second-order valence-corrected chi connectivity index (χ2v) is 6.27. The Bertz CT molecular complexity index is 472. The number of urea groups is 1. The van der Waals surface area contributed by atoms with Gasteiger partial charge < -0.3 is 15.7 Å². The number of nitrogens with one attached hydrogen (secondary N) is 2. The molecule has 0 aliphatic carbocycles. The summed E-state index contributed by atoms with van der Waals surface area (Å²) in [7, 11) is 0. The van der Waals surface area contributed by atoms with Crippen LogP contribution in [-0.4, -0.2) is 40.2 Å². The first-order valence-corrected chi connectivity index (χ1v) is 7.73. The third kappa shape index (κ3) is 4.56. The van der Waals surface area contributed by atoms with Crippen molar-refractivity contribution in [2.75, 3.05) is 5.75 Å². The van der Waals surface area contributed by atoms with Crippen LogP contribution in [0.5, 0.6) is 0 Å². The molecular weight excluding hydrogens is 280 g/mol. The summed E-state index contributed by atoms with van der Waals surface area (Å²) < 4.78 is 0. The van der Waals surface area contributed by atoms with Gasteiger partial charge in [-0.2, -0.15) is 11.8 Å². The third-order valence-electron chi connectivity index (χ3n) is 3.37. The number of hydrogen-bond acceptors (Lipinski definition) is 4. The predicted octanol–water partition coefficient (Wildman–Crippen LogP) is 0.719. The molecule has 0 radical (unpaired) electrons. The van der Waals surface area contributed by atoms with Crippen molar-refractivity contribution in [1.29, 1.82) is 0 Å². The van der Waals surface area contributed by atoms with Crippen LogP contribution in [0.2, 0.25) is 0 Å². The van der Waals surface area contributed by atoms with E-state index < -0.39 is 5.97 Å². The number of rotatable bonds is 5. The Kier molecular flexibility index (Phi) is 5.05. The van der Waals surface area contributed by atoms with E-state index in [2.05, 4.69) is 10.6 Å². The van der Waals surface area contributed by atoms with Gasteiger partial charge >= 0.3 is 12.0 Å². The highest BCUT2D eigenvalue weighted by Gasteiger charge is 2.42. The summed E-state index contributed by atoms with van der Waals surface area (Å²) in [5.74, 6) is 0.236. The van der Waals surface area contributed by atoms with Gasteiger partial charge in [-0.1, -0.05) is 6.42 Å². The van der Waals surface area contributed by atoms with Crippen molar-refractivity contribution in [2.45, 2.75) is 43.0 Å². The molecule has 0 spiro atoms. The Morgan fingerprint density at radius 2 is 2.00 bits per heavy atom. The van der Waals surface area contributed by atoms with Crippen molar-refractivity contribution in [3.8, 4) is 0 Å². The number of carbonyl (C=O) groups is 2. The summed E-state index contributed by atoms with van der Waals surface area (Å²) in [6.07, 6.45) is 2.88. The van der Waals surface area contributed by atoms with Crippen LogP contribution >= 0.6 is 11.8 Å². The number of carboxylic acid groups (broad SMARTS) is 1. The maximum atomic E-state index is 11.1. The lowest BCUT2D eigenvalue weighted by Gasteiger charge is -2.16. The molecule has 2 heterocycles. The lowest BCUT2D eigenvalue weighted by atomic mass is 10.0. The fourth-order valence-corrected chi connectivity index (χ4v) is 3.84. The maximum Gasteiger partial charge on any atom is 0.315 e. The van der Waals surface area contributed by atoms with Gasteiger partial charge in [0.15, 0.2) is 5.43 Å². The van der Waals surface area contributed by atoms with Gasteiger partial charge in [-0.25, -0.2) is 4.79 Å². The summed E-state index contributed by atoms with van der Waals surface area (Å²) in [4.78, 5) is 30.9. The van der Waals surface area contributed by atoms with Gasteiger partial charge in [0.05, 0.1) is 12.1 Å². The molecule has 20 heavy (non-hydrogen) atoms. The molecule has 0 aromatic heterocycles. The number of carbonyl (C=O) groups excluding carboxylic acids is 1. The first-order chi connectivity index (χ1) is 9.56. The fraction of sp³-hybridized carbons (Fsp3) is 0.615. The SMILES string of the molecule is O=C(O)CCCC[C@@H]1SC[C@@H]2NC(=O)N[C@@H]21.O=c1cc1. The Hall–Kier alpha value is -1.50.